The third kappa shape index (κ3) is 3.00. The number of benzene rings is 1. The molecule has 1 aromatic heterocycles. The molecular weight excluding hydrogens is 373 g/mol. The maximum absolute atomic E-state index is 13.0. The summed E-state index contributed by atoms with van der Waals surface area (Å²) in [7, 11) is -4.01. The Morgan fingerprint density at radius 2 is 2.05 bits per heavy atom. The average Bonchev–Trinajstić information content (AvgIpc) is 2.75. The summed E-state index contributed by atoms with van der Waals surface area (Å²) in [6.45, 7) is 0. The highest BCUT2D eigenvalue weighted by atomic mass is 79.9. The van der Waals surface area contributed by atoms with E-state index in [-0.39, 0.29) is 19.9 Å². The maximum Gasteiger partial charge on any atom is 0.348 e. The van der Waals surface area contributed by atoms with Crippen LogP contribution in [-0.2, 0) is 10.0 Å². The zero-order chi connectivity index (χ0) is 14.9. The molecule has 1 aromatic carbocycles. The summed E-state index contributed by atoms with van der Waals surface area (Å²) >= 11 is 3.86. The van der Waals surface area contributed by atoms with E-state index in [1.54, 1.807) is 0 Å². The number of aromatic carboxylic acids is 1. The van der Waals surface area contributed by atoms with Gasteiger partial charge in [-0.1, -0.05) is 0 Å². The maximum atomic E-state index is 13.0. The highest BCUT2D eigenvalue weighted by molar-refractivity contribution is 9.10. The van der Waals surface area contributed by atoms with E-state index >= 15 is 0 Å². The lowest BCUT2D eigenvalue weighted by Crippen LogP contribution is -2.15. The molecule has 2 N–H and O–H groups in total. The van der Waals surface area contributed by atoms with Crippen LogP contribution in [0.2, 0.25) is 0 Å². The Morgan fingerprint density at radius 1 is 1.35 bits per heavy atom. The van der Waals surface area contributed by atoms with Gasteiger partial charge in [-0.25, -0.2) is 17.6 Å². The molecule has 106 valence electrons. The molecule has 0 unspecified atom stereocenters. The van der Waals surface area contributed by atoms with Crippen LogP contribution in [0.25, 0.3) is 0 Å². The number of rotatable bonds is 4. The molecule has 0 saturated heterocycles. The summed E-state index contributed by atoms with van der Waals surface area (Å²) in [4.78, 5) is 10.6. The van der Waals surface area contributed by atoms with Gasteiger partial charge in [-0.2, -0.15) is 0 Å². The molecule has 5 nitrogen and oxygen atoms in total. The van der Waals surface area contributed by atoms with Gasteiger partial charge in [-0.15, -0.1) is 11.3 Å². The van der Waals surface area contributed by atoms with Gasteiger partial charge < -0.3 is 5.11 Å². The van der Waals surface area contributed by atoms with Crippen LogP contribution >= 0.6 is 27.3 Å². The van der Waals surface area contributed by atoms with E-state index in [0.29, 0.717) is 0 Å². The van der Waals surface area contributed by atoms with Crippen LogP contribution in [0.3, 0.4) is 0 Å². The van der Waals surface area contributed by atoms with Gasteiger partial charge in [0.05, 0.1) is 5.69 Å². The SMILES string of the molecule is O=C(O)c1sccc1NS(=O)(=O)c1ccc(F)cc1Br. The zero-order valence-corrected chi connectivity index (χ0v) is 12.9. The lowest BCUT2D eigenvalue weighted by atomic mass is 10.3. The van der Waals surface area contributed by atoms with Crippen LogP contribution in [0.1, 0.15) is 9.67 Å². The Bertz CT molecular complexity index is 772. The number of carboxylic acid groups (broad SMARTS) is 1. The second kappa shape index (κ2) is 5.51. The minimum absolute atomic E-state index is 0.0290. The first-order valence-corrected chi connectivity index (χ1v) is 8.25. The third-order valence-electron chi connectivity index (χ3n) is 2.29. The van der Waals surface area contributed by atoms with Gasteiger partial charge in [0.25, 0.3) is 10.0 Å². The lowest BCUT2D eigenvalue weighted by molar-refractivity contribution is 0.0703. The summed E-state index contributed by atoms with van der Waals surface area (Å²) in [5, 5.41) is 10.4. The molecule has 0 atom stereocenters. The second-order valence-corrected chi connectivity index (χ2v) is 7.07. The van der Waals surface area contributed by atoms with Crippen LogP contribution in [0.4, 0.5) is 10.1 Å². The van der Waals surface area contributed by atoms with Gasteiger partial charge in [-0.3, -0.25) is 4.72 Å². The first kappa shape index (κ1) is 14.9. The predicted octanol–water partition coefficient (Wildman–Crippen LogP) is 3.15. The number of thiophene rings is 1. The molecule has 0 amide bonds. The van der Waals surface area contributed by atoms with E-state index in [9.17, 15) is 17.6 Å². The van der Waals surface area contributed by atoms with Crippen molar-refractivity contribution in [3.63, 3.8) is 0 Å². The molecule has 0 aliphatic carbocycles. The highest BCUT2D eigenvalue weighted by Crippen LogP contribution is 2.28. The summed E-state index contributed by atoms with van der Waals surface area (Å²) in [6, 6.07) is 4.46. The zero-order valence-electron chi connectivity index (χ0n) is 9.63. The quantitative estimate of drug-likeness (QED) is 0.854. The fourth-order valence-electron chi connectivity index (χ4n) is 1.45. The second-order valence-electron chi connectivity index (χ2n) is 3.65. The molecule has 0 aliphatic heterocycles. The first-order valence-electron chi connectivity index (χ1n) is 5.10. The summed E-state index contributed by atoms with van der Waals surface area (Å²) < 4.78 is 39.5. The Hall–Kier alpha value is -1.45. The molecule has 20 heavy (non-hydrogen) atoms. The van der Waals surface area contributed by atoms with Gasteiger partial charge in [0.15, 0.2) is 0 Å². The number of carboxylic acids is 1. The number of nitrogens with one attached hydrogen (secondary N) is 1. The van der Waals surface area contributed by atoms with Crippen molar-refractivity contribution in [3.05, 3.63) is 44.8 Å². The van der Waals surface area contributed by atoms with Crippen molar-refractivity contribution in [2.24, 2.45) is 0 Å². The normalized spacial score (nSPS) is 11.3. The number of halogens is 2. The van der Waals surface area contributed by atoms with Crippen LogP contribution in [0, 0.1) is 5.82 Å². The van der Waals surface area contributed by atoms with Crippen molar-refractivity contribution in [1.82, 2.24) is 0 Å². The number of hydrogen-bond acceptors (Lipinski definition) is 4. The van der Waals surface area contributed by atoms with E-state index in [1.165, 1.54) is 11.4 Å². The molecule has 1 heterocycles. The molecular formula is C11H7BrFNO4S2. The van der Waals surface area contributed by atoms with Gasteiger partial charge in [0, 0.05) is 4.47 Å². The Kier molecular flexibility index (Phi) is 4.11. The third-order valence-corrected chi connectivity index (χ3v) is 5.53. The van der Waals surface area contributed by atoms with E-state index in [2.05, 4.69) is 20.7 Å². The summed E-state index contributed by atoms with van der Waals surface area (Å²) in [5.74, 6) is -1.81. The molecule has 9 heteroatoms. The molecule has 0 radical (unpaired) electrons. The summed E-state index contributed by atoms with van der Waals surface area (Å²) in [5.41, 5.74) is -0.0290. The van der Waals surface area contributed by atoms with E-state index in [4.69, 9.17) is 5.11 Å². The molecule has 2 aromatic rings. The van der Waals surface area contributed by atoms with Crippen LogP contribution in [-0.4, -0.2) is 19.5 Å². The average molecular weight is 380 g/mol. The monoisotopic (exact) mass is 379 g/mol. The number of sulfonamides is 1. The minimum Gasteiger partial charge on any atom is -0.477 e. The van der Waals surface area contributed by atoms with Crippen molar-refractivity contribution in [2.45, 2.75) is 4.90 Å². The lowest BCUT2D eigenvalue weighted by Gasteiger charge is -2.09. The number of hydrogen-bond donors (Lipinski definition) is 2. The fourth-order valence-corrected chi connectivity index (χ4v) is 4.32. The van der Waals surface area contributed by atoms with E-state index in [0.717, 1.165) is 29.5 Å². The van der Waals surface area contributed by atoms with Crippen LogP contribution in [0.5, 0.6) is 0 Å². The smallest absolute Gasteiger partial charge is 0.348 e. The Morgan fingerprint density at radius 3 is 2.65 bits per heavy atom. The minimum atomic E-state index is -4.01. The van der Waals surface area contributed by atoms with Crippen molar-refractivity contribution >= 4 is 48.9 Å². The van der Waals surface area contributed by atoms with Crippen LogP contribution < -0.4 is 4.72 Å². The van der Waals surface area contributed by atoms with Gasteiger partial charge in [0.2, 0.25) is 0 Å². The van der Waals surface area contributed by atoms with Crippen molar-refractivity contribution in [3.8, 4) is 0 Å². The molecule has 0 spiro atoms. The first-order chi connectivity index (χ1) is 9.31. The van der Waals surface area contributed by atoms with Crippen molar-refractivity contribution in [2.75, 3.05) is 4.72 Å². The molecule has 0 bridgehead atoms. The van der Waals surface area contributed by atoms with Crippen LogP contribution in [0.15, 0.2) is 39.0 Å². The molecule has 0 fully saturated rings. The Labute approximate surface area is 126 Å². The molecule has 0 saturated carbocycles. The molecule has 0 aliphatic rings. The van der Waals surface area contributed by atoms with Gasteiger partial charge in [0.1, 0.15) is 15.6 Å². The van der Waals surface area contributed by atoms with Gasteiger partial charge in [-0.05, 0) is 45.6 Å². The fraction of sp³-hybridized carbons (Fsp3) is 0. The number of anilines is 1. The van der Waals surface area contributed by atoms with Crippen molar-refractivity contribution < 1.29 is 22.7 Å². The predicted molar refractivity (Wildman–Crippen MR) is 76.2 cm³/mol. The topological polar surface area (TPSA) is 83.5 Å². The number of carbonyl (C=O) groups is 1. The van der Waals surface area contributed by atoms with E-state index in [1.807, 2.05) is 0 Å². The molecule has 2 rings (SSSR count). The largest absolute Gasteiger partial charge is 0.477 e. The van der Waals surface area contributed by atoms with E-state index < -0.39 is 21.8 Å². The van der Waals surface area contributed by atoms with Crippen molar-refractivity contribution in [1.29, 1.82) is 0 Å². The highest BCUT2D eigenvalue weighted by Gasteiger charge is 2.21. The Balaban J connectivity index is 2.41. The standard InChI is InChI=1S/C11H7BrFNO4S2/c12-7-5-6(13)1-2-9(7)20(17,18)14-8-3-4-19-10(8)11(15)16/h1-5,14H,(H,15,16). The van der Waals surface area contributed by atoms with Gasteiger partial charge >= 0.3 is 5.97 Å². The summed E-state index contributed by atoms with van der Waals surface area (Å²) in [6.07, 6.45) is 0.